The number of aromatic nitrogens is 1. The number of hydrogen-bond acceptors (Lipinski definition) is 2. The summed E-state index contributed by atoms with van der Waals surface area (Å²) in [6.07, 6.45) is 0. The van der Waals surface area contributed by atoms with Crippen molar-refractivity contribution in [2.24, 2.45) is 7.05 Å². The molecule has 0 amide bonds. The Bertz CT molecular complexity index is 292. The van der Waals surface area contributed by atoms with E-state index in [0.717, 1.165) is 19.7 Å². The monoisotopic (exact) mass is 196 g/mol. The zero-order valence-corrected chi connectivity index (χ0v) is 9.55. The zero-order chi connectivity index (χ0) is 10.6. The number of nitrogens with zero attached hydrogens (tertiary/aromatic N) is 1. The highest BCUT2D eigenvalue weighted by molar-refractivity contribution is 5.26. The average Bonchev–Trinajstić information content (AvgIpc) is 2.41. The lowest BCUT2D eigenvalue weighted by Gasteiger charge is -2.04. The van der Waals surface area contributed by atoms with Gasteiger partial charge < -0.3 is 14.6 Å². The molecule has 1 rings (SSSR count). The number of ether oxygens (including phenoxy) is 1. The summed E-state index contributed by atoms with van der Waals surface area (Å²) in [6, 6.07) is 2.23. The van der Waals surface area contributed by atoms with Crippen molar-refractivity contribution in [2.75, 3.05) is 20.3 Å². The van der Waals surface area contributed by atoms with E-state index in [1.807, 2.05) is 0 Å². The van der Waals surface area contributed by atoms with Crippen molar-refractivity contribution in [1.82, 2.24) is 9.88 Å². The van der Waals surface area contributed by atoms with E-state index < -0.39 is 0 Å². The summed E-state index contributed by atoms with van der Waals surface area (Å²) in [5, 5.41) is 3.35. The number of rotatable bonds is 5. The van der Waals surface area contributed by atoms with Crippen LogP contribution in [0.5, 0.6) is 0 Å². The van der Waals surface area contributed by atoms with Crippen LogP contribution in [0.3, 0.4) is 0 Å². The molecule has 1 aromatic heterocycles. The Labute approximate surface area is 86.1 Å². The van der Waals surface area contributed by atoms with Crippen LogP contribution in [0.1, 0.15) is 17.0 Å². The predicted octanol–water partition coefficient (Wildman–Crippen LogP) is 1.38. The molecule has 0 saturated carbocycles. The van der Waals surface area contributed by atoms with Crippen LogP contribution in [0.25, 0.3) is 0 Å². The third-order valence-corrected chi connectivity index (χ3v) is 2.68. The second-order valence-electron chi connectivity index (χ2n) is 3.62. The summed E-state index contributed by atoms with van der Waals surface area (Å²) in [6.45, 7) is 6.89. The summed E-state index contributed by atoms with van der Waals surface area (Å²) >= 11 is 0. The van der Waals surface area contributed by atoms with Gasteiger partial charge in [0.25, 0.3) is 0 Å². The van der Waals surface area contributed by atoms with Gasteiger partial charge in [-0.15, -0.1) is 0 Å². The predicted molar refractivity (Wildman–Crippen MR) is 58.5 cm³/mol. The summed E-state index contributed by atoms with van der Waals surface area (Å²) in [5.74, 6) is 0. The fourth-order valence-electron chi connectivity index (χ4n) is 1.51. The second kappa shape index (κ2) is 5.17. The van der Waals surface area contributed by atoms with Crippen LogP contribution < -0.4 is 5.32 Å². The summed E-state index contributed by atoms with van der Waals surface area (Å²) in [5.41, 5.74) is 4.03. The molecule has 1 aromatic rings. The summed E-state index contributed by atoms with van der Waals surface area (Å²) < 4.78 is 7.19. The molecule has 1 N–H and O–H groups in total. The Balaban J connectivity index is 2.47. The van der Waals surface area contributed by atoms with Crippen LogP contribution in [0.4, 0.5) is 0 Å². The van der Waals surface area contributed by atoms with Crippen molar-refractivity contribution in [1.29, 1.82) is 0 Å². The number of nitrogens with one attached hydrogen (secondary N) is 1. The van der Waals surface area contributed by atoms with E-state index in [-0.39, 0.29) is 0 Å². The van der Waals surface area contributed by atoms with Crippen molar-refractivity contribution >= 4 is 0 Å². The SMILES string of the molecule is COCCNCc1cc(C)n(C)c1C. The molecule has 0 aliphatic heterocycles. The maximum absolute atomic E-state index is 4.97. The van der Waals surface area contributed by atoms with Gasteiger partial charge in [-0.05, 0) is 25.5 Å². The average molecular weight is 196 g/mol. The van der Waals surface area contributed by atoms with Gasteiger partial charge in [0.05, 0.1) is 6.61 Å². The minimum Gasteiger partial charge on any atom is -0.383 e. The first-order valence-electron chi connectivity index (χ1n) is 4.98. The maximum atomic E-state index is 4.97. The molecule has 0 bridgehead atoms. The maximum Gasteiger partial charge on any atom is 0.0587 e. The lowest BCUT2D eigenvalue weighted by Crippen LogP contribution is -2.18. The van der Waals surface area contributed by atoms with Gasteiger partial charge in [-0.2, -0.15) is 0 Å². The normalized spacial score (nSPS) is 10.9. The molecule has 0 radical (unpaired) electrons. The quantitative estimate of drug-likeness (QED) is 0.720. The first kappa shape index (κ1) is 11.3. The van der Waals surface area contributed by atoms with E-state index >= 15 is 0 Å². The van der Waals surface area contributed by atoms with Gasteiger partial charge in [-0.25, -0.2) is 0 Å². The molecule has 0 spiro atoms. The molecule has 0 atom stereocenters. The first-order valence-corrected chi connectivity index (χ1v) is 4.98. The van der Waals surface area contributed by atoms with Crippen LogP contribution in [-0.4, -0.2) is 24.8 Å². The standard InChI is InChI=1S/C11H20N2O/c1-9-7-11(10(2)13(9)3)8-12-5-6-14-4/h7,12H,5-6,8H2,1-4H3. The van der Waals surface area contributed by atoms with Crippen molar-refractivity contribution in [3.05, 3.63) is 23.0 Å². The Morgan fingerprint density at radius 1 is 1.43 bits per heavy atom. The fraction of sp³-hybridized carbons (Fsp3) is 0.636. The minimum absolute atomic E-state index is 0.769. The topological polar surface area (TPSA) is 26.2 Å². The molecule has 0 saturated heterocycles. The summed E-state index contributed by atoms with van der Waals surface area (Å²) in [4.78, 5) is 0. The van der Waals surface area contributed by atoms with E-state index in [0.29, 0.717) is 0 Å². The molecule has 0 unspecified atom stereocenters. The lowest BCUT2D eigenvalue weighted by atomic mass is 10.2. The molecular formula is C11H20N2O. The van der Waals surface area contributed by atoms with Gasteiger partial charge in [0.2, 0.25) is 0 Å². The van der Waals surface area contributed by atoms with Crippen LogP contribution in [0.2, 0.25) is 0 Å². The van der Waals surface area contributed by atoms with Gasteiger partial charge in [0.15, 0.2) is 0 Å². The summed E-state index contributed by atoms with van der Waals surface area (Å²) in [7, 11) is 3.82. The van der Waals surface area contributed by atoms with Gasteiger partial charge in [0, 0.05) is 38.6 Å². The number of aryl methyl sites for hydroxylation is 1. The molecule has 0 aliphatic rings. The van der Waals surface area contributed by atoms with E-state index in [2.05, 4.69) is 36.8 Å². The minimum atomic E-state index is 0.769. The van der Waals surface area contributed by atoms with Crippen LogP contribution in [0, 0.1) is 13.8 Å². The molecule has 0 aromatic carbocycles. The van der Waals surface area contributed by atoms with Crippen LogP contribution >= 0.6 is 0 Å². The van der Waals surface area contributed by atoms with E-state index in [4.69, 9.17) is 4.74 Å². The molecule has 0 aliphatic carbocycles. The Hall–Kier alpha value is -0.800. The van der Waals surface area contributed by atoms with Gasteiger partial charge >= 0.3 is 0 Å². The van der Waals surface area contributed by atoms with Crippen molar-refractivity contribution in [3.63, 3.8) is 0 Å². The van der Waals surface area contributed by atoms with Crippen LogP contribution in [-0.2, 0) is 18.3 Å². The van der Waals surface area contributed by atoms with Gasteiger partial charge in [-0.3, -0.25) is 0 Å². The highest BCUT2D eigenvalue weighted by Crippen LogP contribution is 2.12. The van der Waals surface area contributed by atoms with Gasteiger partial charge in [-0.1, -0.05) is 0 Å². The first-order chi connectivity index (χ1) is 6.66. The van der Waals surface area contributed by atoms with Crippen LogP contribution in [0.15, 0.2) is 6.07 Å². The van der Waals surface area contributed by atoms with Crippen molar-refractivity contribution in [3.8, 4) is 0 Å². The lowest BCUT2D eigenvalue weighted by molar-refractivity contribution is 0.199. The van der Waals surface area contributed by atoms with Crippen molar-refractivity contribution in [2.45, 2.75) is 20.4 Å². The van der Waals surface area contributed by atoms with Crippen molar-refractivity contribution < 1.29 is 4.74 Å². The molecular weight excluding hydrogens is 176 g/mol. The molecule has 1 heterocycles. The molecule has 0 fully saturated rings. The highest BCUT2D eigenvalue weighted by Gasteiger charge is 2.04. The number of methoxy groups -OCH3 is 1. The third-order valence-electron chi connectivity index (χ3n) is 2.68. The third kappa shape index (κ3) is 2.59. The number of hydrogen-bond donors (Lipinski definition) is 1. The Morgan fingerprint density at radius 3 is 2.64 bits per heavy atom. The molecule has 80 valence electrons. The zero-order valence-electron chi connectivity index (χ0n) is 9.55. The smallest absolute Gasteiger partial charge is 0.0587 e. The highest BCUT2D eigenvalue weighted by atomic mass is 16.5. The fourth-order valence-corrected chi connectivity index (χ4v) is 1.51. The second-order valence-corrected chi connectivity index (χ2v) is 3.62. The van der Waals surface area contributed by atoms with E-state index in [1.54, 1.807) is 7.11 Å². The Kier molecular flexibility index (Phi) is 4.17. The molecule has 3 nitrogen and oxygen atoms in total. The van der Waals surface area contributed by atoms with Gasteiger partial charge in [0.1, 0.15) is 0 Å². The Morgan fingerprint density at radius 2 is 2.14 bits per heavy atom. The van der Waals surface area contributed by atoms with E-state index in [9.17, 15) is 0 Å². The molecule has 3 heteroatoms. The largest absolute Gasteiger partial charge is 0.383 e. The van der Waals surface area contributed by atoms with E-state index in [1.165, 1.54) is 17.0 Å². The molecule has 14 heavy (non-hydrogen) atoms.